The number of carbonyl (C=O) groups excluding carboxylic acids is 1. The Labute approximate surface area is 147 Å². The highest BCUT2D eigenvalue weighted by molar-refractivity contribution is 7.89. The maximum absolute atomic E-state index is 12.6. The Hall–Kier alpha value is -2.13. The van der Waals surface area contributed by atoms with Gasteiger partial charge in [0.25, 0.3) is 0 Å². The highest BCUT2D eigenvalue weighted by atomic mass is 32.2. The summed E-state index contributed by atoms with van der Waals surface area (Å²) < 4.78 is 32.1. The van der Waals surface area contributed by atoms with E-state index in [0.717, 1.165) is 4.31 Å². The van der Waals surface area contributed by atoms with Gasteiger partial charge in [-0.3, -0.25) is 9.59 Å². The monoisotopic (exact) mass is 370 g/mol. The normalized spacial score (nSPS) is 16.3. The molecule has 1 heterocycles. The average Bonchev–Trinajstić information content (AvgIpc) is 2.50. The van der Waals surface area contributed by atoms with Gasteiger partial charge in [0.2, 0.25) is 15.9 Å². The number of anilines is 1. The molecule has 9 heteroatoms. The SMILES string of the molecule is CC(=O)N1CC(C)(C)Oc2ccc(S(=O)(=O)N(C)CCC(=O)O)cc21. The maximum Gasteiger partial charge on any atom is 0.304 e. The molecule has 0 unspecified atom stereocenters. The third kappa shape index (κ3) is 4.10. The van der Waals surface area contributed by atoms with Crippen LogP contribution in [0.1, 0.15) is 27.2 Å². The van der Waals surface area contributed by atoms with Gasteiger partial charge in [0.05, 0.1) is 23.5 Å². The standard InChI is InChI=1S/C16H22N2O6S/c1-11(19)18-10-16(2,3)24-14-6-5-12(9-13(14)18)25(22,23)17(4)8-7-15(20)21/h5-6,9H,7-8,10H2,1-4H3,(H,20,21). The number of carbonyl (C=O) groups is 2. The summed E-state index contributed by atoms with van der Waals surface area (Å²) >= 11 is 0. The van der Waals surface area contributed by atoms with Crippen molar-refractivity contribution >= 4 is 27.6 Å². The summed E-state index contributed by atoms with van der Waals surface area (Å²) in [5.41, 5.74) is -0.198. The summed E-state index contributed by atoms with van der Waals surface area (Å²) in [5.74, 6) is -0.865. The fraction of sp³-hybridized carbons (Fsp3) is 0.500. The first-order chi connectivity index (χ1) is 11.4. The number of carboxylic acids is 1. The van der Waals surface area contributed by atoms with Crippen molar-refractivity contribution < 1.29 is 27.9 Å². The van der Waals surface area contributed by atoms with Crippen molar-refractivity contribution in [1.82, 2.24) is 4.31 Å². The molecule has 25 heavy (non-hydrogen) atoms. The van der Waals surface area contributed by atoms with Crippen LogP contribution in [0.5, 0.6) is 5.75 Å². The summed E-state index contributed by atoms with van der Waals surface area (Å²) in [6, 6.07) is 4.30. The van der Waals surface area contributed by atoms with Crippen LogP contribution in [0.2, 0.25) is 0 Å². The van der Waals surface area contributed by atoms with Crippen LogP contribution in [0.25, 0.3) is 0 Å². The second-order valence-corrected chi connectivity index (χ2v) is 8.61. The second-order valence-electron chi connectivity index (χ2n) is 6.57. The molecule has 8 nitrogen and oxygen atoms in total. The van der Waals surface area contributed by atoms with E-state index in [2.05, 4.69) is 0 Å². The first-order valence-electron chi connectivity index (χ1n) is 7.73. The lowest BCUT2D eigenvalue weighted by Gasteiger charge is -2.39. The van der Waals surface area contributed by atoms with Crippen LogP contribution in [0.15, 0.2) is 23.1 Å². The number of nitrogens with zero attached hydrogens (tertiary/aromatic N) is 2. The molecule has 1 aliphatic heterocycles. The van der Waals surface area contributed by atoms with Crippen LogP contribution in [0.4, 0.5) is 5.69 Å². The molecule has 1 aromatic rings. The van der Waals surface area contributed by atoms with E-state index in [4.69, 9.17) is 9.84 Å². The lowest BCUT2D eigenvalue weighted by molar-refractivity contribution is -0.137. The molecule has 138 valence electrons. The molecule has 2 rings (SSSR count). The highest BCUT2D eigenvalue weighted by Gasteiger charge is 2.35. The van der Waals surface area contributed by atoms with Gasteiger partial charge >= 0.3 is 5.97 Å². The zero-order valence-electron chi connectivity index (χ0n) is 14.6. The molecule has 0 aromatic heterocycles. The van der Waals surface area contributed by atoms with E-state index in [0.29, 0.717) is 18.0 Å². The number of carboxylic acid groups (broad SMARTS) is 1. The van der Waals surface area contributed by atoms with Crippen LogP contribution in [-0.2, 0) is 19.6 Å². The third-order valence-electron chi connectivity index (χ3n) is 3.88. The Morgan fingerprint density at radius 2 is 2.00 bits per heavy atom. The first-order valence-corrected chi connectivity index (χ1v) is 9.17. The van der Waals surface area contributed by atoms with Gasteiger partial charge in [-0.2, -0.15) is 0 Å². The van der Waals surface area contributed by atoms with Gasteiger partial charge in [0.1, 0.15) is 11.4 Å². The number of fused-ring (bicyclic) bond motifs is 1. The van der Waals surface area contributed by atoms with Gasteiger partial charge in [0, 0.05) is 20.5 Å². The van der Waals surface area contributed by atoms with Crippen LogP contribution in [-0.4, -0.2) is 55.4 Å². The fourth-order valence-corrected chi connectivity index (χ4v) is 3.78. The predicted octanol–water partition coefficient (Wildman–Crippen LogP) is 1.31. The molecule has 0 saturated heterocycles. The smallest absolute Gasteiger partial charge is 0.304 e. The highest BCUT2D eigenvalue weighted by Crippen LogP contribution is 2.38. The molecule has 1 aliphatic rings. The van der Waals surface area contributed by atoms with Crippen LogP contribution in [0, 0.1) is 0 Å². The lowest BCUT2D eigenvalue weighted by atomic mass is 10.1. The minimum atomic E-state index is -3.87. The Balaban J connectivity index is 2.41. The van der Waals surface area contributed by atoms with Crippen LogP contribution >= 0.6 is 0 Å². The molecule has 0 radical (unpaired) electrons. The third-order valence-corrected chi connectivity index (χ3v) is 5.73. The number of rotatable bonds is 5. The zero-order chi connectivity index (χ0) is 19.0. The number of ether oxygens (including phenoxy) is 1. The van der Waals surface area contributed by atoms with Gasteiger partial charge < -0.3 is 14.7 Å². The van der Waals surface area contributed by atoms with Crippen molar-refractivity contribution in [3.63, 3.8) is 0 Å². The summed E-state index contributed by atoms with van der Waals surface area (Å²) in [7, 11) is -2.55. The Kier molecular flexibility index (Phi) is 5.10. The van der Waals surface area contributed by atoms with Crippen molar-refractivity contribution in [1.29, 1.82) is 0 Å². The molecule has 1 N–H and O–H groups in total. The zero-order valence-corrected chi connectivity index (χ0v) is 15.5. The topological polar surface area (TPSA) is 104 Å². The quantitative estimate of drug-likeness (QED) is 0.838. The van der Waals surface area contributed by atoms with Gasteiger partial charge in [0.15, 0.2) is 0 Å². The van der Waals surface area contributed by atoms with E-state index >= 15 is 0 Å². The molecule has 0 fully saturated rings. The van der Waals surface area contributed by atoms with Gasteiger partial charge in [-0.15, -0.1) is 0 Å². The number of hydrogen-bond acceptors (Lipinski definition) is 5. The van der Waals surface area contributed by atoms with E-state index < -0.39 is 21.6 Å². The second kappa shape index (κ2) is 6.64. The number of aliphatic carboxylic acids is 1. The number of benzene rings is 1. The van der Waals surface area contributed by atoms with E-state index in [1.165, 1.54) is 37.1 Å². The Bertz CT molecular complexity index is 803. The Morgan fingerprint density at radius 3 is 2.56 bits per heavy atom. The van der Waals surface area contributed by atoms with Gasteiger partial charge in [-0.05, 0) is 32.0 Å². The van der Waals surface area contributed by atoms with Crippen LogP contribution < -0.4 is 9.64 Å². The van der Waals surface area contributed by atoms with Crippen molar-refractivity contribution in [2.75, 3.05) is 25.0 Å². The van der Waals surface area contributed by atoms with Crippen molar-refractivity contribution in [3.8, 4) is 5.75 Å². The molecule has 0 saturated carbocycles. The molecule has 0 atom stereocenters. The maximum atomic E-state index is 12.6. The largest absolute Gasteiger partial charge is 0.484 e. The predicted molar refractivity (Wildman–Crippen MR) is 91.2 cm³/mol. The van der Waals surface area contributed by atoms with Crippen LogP contribution in [0.3, 0.4) is 0 Å². The molecule has 1 amide bonds. The number of amides is 1. The summed E-state index contributed by atoms with van der Waals surface area (Å²) in [4.78, 5) is 24.1. The lowest BCUT2D eigenvalue weighted by Crippen LogP contribution is -2.48. The van der Waals surface area contributed by atoms with E-state index in [1.807, 2.05) is 13.8 Å². The molecular formula is C16H22N2O6S. The molecule has 1 aromatic carbocycles. The molecular weight excluding hydrogens is 348 g/mol. The van der Waals surface area contributed by atoms with Crippen molar-refractivity contribution in [2.24, 2.45) is 0 Å². The van der Waals surface area contributed by atoms with E-state index in [1.54, 1.807) is 0 Å². The summed E-state index contributed by atoms with van der Waals surface area (Å²) in [6.07, 6.45) is -0.294. The van der Waals surface area contributed by atoms with Gasteiger partial charge in [-0.25, -0.2) is 12.7 Å². The van der Waals surface area contributed by atoms with E-state index in [9.17, 15) is 18.0 Å². The summed E-state index contributed by atoms with van der Waals surface area (Å²) in [5, 5.41) is 8.72. The average molecular weight is 370 g/mol. The number of sulfonamides is 1. The fourth-order valence-electron chi connectivity index (χ4n) is 2.58. The minimum absolute atomic E-state index is 0.0197. The van der Waals surface area contributed by atoms with Crippen molar-refractivity contribution in [3.05, 3.63) is 18.2 Å². The van der Waals surface area contributed by atoms with E-state index in [-0.39, 0.29) is 23.8 Å². The Morgan fingerprint density at radius 1 is 1.36 bits per heavy atom. The molecule has 0 spiro atoms. The minimum Gasteiger partial charge on any atom is -0.484 e. The molecule has 0 bridgehead atoms. The first kappa shape index (κ1) is 19.2. The van der Waals surface area contributed by atoms with Crippen molar-refractivity contribution in [2.45, 2.75) is 37.7 Å². The number of hydrogen-bond donors (Lipinski definition) is 1. The summed E-state index contributed by atoms with van der Waals surface area (Å²) in [6.45, 7) is 5.25. The van der Waals surface area contributed by atoms with Gasteiger partial charge in [-0.1, -0.05) is 0 Å². The molecule has 0 aliphatic carbocycles.